The second kappa shape index (κ2) is 11.6. The predicted molar refractivity (Wildman–Crippen MR) is 194 cm³/mol. The van der Waals surface area contributed by atoms with Gasteiger partial charge in [0, 0.05) is 64.1 Å². The molecule has 10 rings (SSSR count). The molecule has 3 aliphatic heterocycles. The Bertz CT molecular complexity index is 2220. The highest BCUT2D eigenvalue weighted by Gasteiger charge is 2.60. The number of aryl methyl sites for hydroxylation is 2. The molecule has 2 bridgehead atoms. The minimum Gasteiger partial charge on any atom is -0.444 e. The number of piperidine rings is 1. The lowest BCUT2D eigenvalue weighted by atomic mass is 9.79. The van der Waals surface area contributed by atoms with Gasteiger partial charge in [-0.25, -0.2) is 14.2 Å². The summed E-state index contributed by atoms with van der Waals surface area (Å²) in [6, 6.07) is 11.5. The van der Waals surface area contributed by atoms with E-state index in [0.717, 1.165) is 48.7 Å². The largest absolute Gasteiger partial charge is 0.444 e. The van der Waals surface area contributed by atoms with Crippen molar-refractivity contribution in [2.24, 2.45) is 17.8 Å². The Morgan fingerprint density at radius 3 is 2.57 bits per heavy atom. The zero-order valence-electron chi connectivity index (χ0n) is 29.2. The number of pyridine rings is 1. The van der Waals surface area contributed by atoms with Crippen molar-refractivity contribution in [2.45, 2.75) is 102 Å². The van der Waals surface area contributed by atoms with Gasteiger partial charge in [-0.3, -0.25) is 4.79 Å². The number of rotatable bonds is 6. The van der Waals surface area contributed by atoms with Crippen LogP contribution in [0.2, 0.25) is 10.0 Å². The van der Waals surface area contributed by atoms with Crippen LogP contribution in [0.15, 0.2) is 30.3 Å². The van der Waals surface area contributed by atoms with Gasteiger partial charge in [0.2, 0.25) is 5.91 Å². The Morgan fingerprint density at radius 2 is 1.84 bits per heavy atom. The Kier molecular flexibility index (Phi) is 7.48. The number of carbonyl (C=O) groups excluding carboxylic acids is 2. The lowest BCUT2D eigenvalue weighted by Gasteiger charge is -2.41. The van der Waals surface area contributed by atoms with E-state index in [1.54, 1.807) is 18.2 Å². The molecule has 0 spiro atoms. The summed E-state index contributed by atoms with van der Waals surface area (Å²) in [6.07, 6.45) is 4.84. The standard InChI is InChI=1S/C40H40Cl2FN5O3/c1-19-25-17-30(29-15-22-14-28(22)47(29)38(49)20-10-11-20)48(36-23-16-31(36)46(18-23)39(50)51-40(2,3)4)37(25)26-13-21(7-6-12-44)32(34(43)35(26)45-19)24-8-5-9-27(41)33(24)42/h5,8-9,13,17,20,22-23,28-29,31,36H,6-7,10-11,14-16,18H2,1-4H3/t22-,23-,28-,29-,31-,36+/m1/s1. The minimum absolute atomic E-state index is 0.0718. The summed E-state index contributed by atoms with van der Waals surface area (Å²) in [5.74, 6) is 0.503. The van der Waals surface area contributed by atoms with Crippen molar-refractivity contribution < 1.29 is 18.7 Å². The number of hydrogen-bond acceptors (Lipinski definition) is 5. The molecule has 0 N–H and O–H groups in total. The van der Waals surface area contributed by atoms with Gasteiger partial charge in [0.05, 0.1) is 39.8 Å². The third-order valence-corrected chi connectivity index (χ3v) is 12.7. The van der Waals surface area contributed by atoms with Crippen molar-refractivity contribution in [3.05, 3.63) is 63.1 Å². The van der Waals surface area contributed by atoms with Crippen LogP contribution in [0.5, 0.6) is 0 Å². The zero-order valence-corrected chi connectivity index (χ0v) is 30.7. The van der Waals surface area contributed by atoms with E-state index in [-0.39, 0.29) is 65.0 Å². The van der Waals surface area contributed by atoms with Crippen molar-refractivity contribution in [1.82, 2.24) is 19.4 Å². The van der Waals surface area contributed by atoms with E-state index in [1.165, 1.54) is 0 Å². The number of benzene rings is 2. The average Bonchev–Trinajstić information content (AvgIpc) is 3.88. The summed E-state index contributed by atoms with van der Waals surface area (Å²) in [6.45, 7) is 8.12. The quantitative estimate of drug-likeness (QED) is 0.197. The van der Waals surface area contributed by atoms with Gasteiger partial charge in [0.25, 0.3) is 0 Å². The normalized spacial score (nSPS) is 26.4. The Labute approximate surface area is 306 Å². The number of nitriles is 1. The second-order valence-corrected chi connectivity index (χ2v) is 17.1. The third-order valence-electron chi connectivity index (χ3n) is 11.8. The molecule has 11 heteroatoms. The SMILES string of the molecule is Cc1nc2c(F)c(-c3cccc(Cl)c3Cl)c(CCC#N)cc2c2c1cc([C@H]1C[C@H]3C[C@H]3N1C(=O)C1CC1)n2[C@H]1[C@@H]2C[C@H]1N(C(=O)OC(C)(C)C)C2. The number of hydrogen-bond donors (Lipinski definition) is 0. The van der Waals surface area contributed by atoms with Crippen LogP contribution in [0.1, 0.15) is 88.3 Å². The molecule has 3 saturated carbocycles. The number of ether oxygens (including phenoxy) is 1. The van der Waals surface area contributed by atoms with E-state index >= 15 is 4.39 Å². The molecule has 0 unspecified atom stereocenters. The van der Waals surface area contributed by atoms with Gasteiger partial charge in [-0.2, -0.15) is 5.26 Å². The van der Waals surface area contributed by atoms with E-state index in [9.17, 15) is 14.9 Å². The highest BCUT2D eigenvalue weighted by Crippen LogP contribution is 2.59. The molecule has 8 nitrogen and oxygen atoms in total. The number of likely N-dealkylation sites (tertiary alicyclic amines) is 1. The van der Waals surface area contributed by atoms with Crippen molar-refractivity contribution >= 4 is 57.0 Å². The monoisotopic (exact) mass is 727 g/mol. The summed E-state index contributed by atoms with van der Waals surface area (Å²) >= 11 is 13.1. The lowest BCUT2D eigenvalue weighted by Crippen LogP contribution is -2.45. The number of aromatic nitrogens is 2. The number of carbonyl (C=O) groups is 2. The van der Waals surface area contributed by atoms with E-state index in [0.29, 0.717) is 51.7 Å². The Hall–Kier alpha value is -3.87. The molecule has 51 heavy (non-hydrogen) atoms. The third kappa shape index (κ3) is 5.15. The topological polar surface area (TPSA) is 91.5 Å². The van der Waals surface area contributed by atoms with E-state index < -0.39 is 11.4 Å². The molecule has 3 aliphatic carbocycles. The van der Waals surface area contributed by atoms with Gasteiger partial charge >= 0.3 is 6.09 Å². The van der Waals surface area contributed by atoms with Crippen molar-refractivity contribution in [3.63, 3.8) is 0 Å². The first-order chi connectivity index (χ1) is 24.4. The van der Waals surface area contributed by atoms with Crippen LogP contribution < -0.4 is 0 Å². The molecule has 2 aromatic carbocycles. The minimum atomic E-state index is -0.626. The first-order valence-electron chi connectivity index (χ1n) is 18.2. The maximum atomic E-state index is 17.2. The first-order valence-corrected chi connectivity index (χ1v) is 18.9. The first kappa shape index (κ1) is 33.0. The molecule has 4 aromatic rings. The molecule has 2 amide bonds. The van der Waals surface area contributed by atoms with Crippen molar-refractivity contribution in [3.8, 4) is 17.2 Å². The molecule has 3 saturated heterocycles. The molecule has 0 radical (unpaired) electrons. The van der Waals surface area contributed by atoms with Crippen molar-refractivity contribution in [2.75, 3.05) is 6.54 Å². The van der Waals surface area contributed by atoms with Crippen LogP contribution >= 0.6 is 23.2 Å². The van der Waals surface area contributed by atoms with Crippen molar-refractivity contribution in [1.29, 1.82) is 5.26 Å². The molecule has 2 aromatic heterocycles. The van der Waals surface area contributed by atoms with Gasteiger partial charge in [0.1, 0.15) is 11.1 Å². The van der Waals surface area contributed by atoms with Crippen LogP contribution in [0.25, 0.3) is 32.9 Å². The predicted octanol–water partition coefficient (Wildman–Crippen LogP) is 9.32. The van der Waals surface area contributed by atoms with E-state index in [4.69, 9.17) is 32.9 Å². The van der Waals surface area contributed by atoms with Crippen LogP contribution in [0.4, 0.5) is 9.18 Å². The highest BCUT2D eigenvalue weighted by molar-refractivity contribution is 6.43. The van der Waals surface area contributed by atoms with Gasteiger partial charge in [-0.15, -0.1) is 0 Å². The second-order valence-electron chi connectivity index (χ2n) is 16.3. The van der Waals surface area contributed by atoms with E-state index in [1.807, 2.05) is 38.7 Å². The van der Waals surface area contributed by atoms with Gasteiger partial charge in [-0.05, 0) is 95.9 Å². The molecule has 264 valence electrons. The fourth-order valence-electron chi connectivity index (χ4n) is 9.34. The number of amides is 2. The zero-order chi connectivity index (χ0) is 35.7. The summed E-state index contributed by atoms with van der Waals surface area (Å²) in [4.78, 5) is 36.3. The smallest absolute Gasteiger partial charge is 0.410 e. The molecular formula is C40H40Cl2FN5O3. The van der Waals surface area contributed by atoms with E-state index in [2.05, 4.69) is 21.6 Å². The fraction of sp³-hybridized carbons (Fsp3) is 0.500. The van der Waals surface area contributed by atoms with Gasteiger partial charge in [0.15, 0.2) is 5.82 Å². The summed E-state index contributed by atoms with van der Waals surface area (Å²) in [7, 11) is 0. The highest BCUT2D eigenvalue weighted by atomic mass is 35.5. The van der Waals surface area contributed by atoms with Crippen LogP contribution in [0.3, 0.4) is 0 Å². The number of fused-ring (bicyclic) bond motifs is 5. The fourth-order valence-corrected chi connectivity index (χ4v) is 9.74. The molecule has 6 fully saturated rings. The average molecular weight is 729 g/mol. The molecule has 5 heterocycles. The summed E-state index contributed by atoms with van der Waals surface area (Å²) < 4.78 is 25.4. The Morgan fingerprint density at radius 1 is 1.08 bits per heavy atom. The van der Waals surface area contributed by atoms with Crippen LogP contribution in [0, 0.1) is 41.8 Å². The maximum absolute atomic E-state index is 17.2. The number of halogens is 3. The lowest BCUT2D eigenvalue weighted by molar-refractivity contribution is -0.134. The molecule has 6 atom stereocenters. The summed E-state index contributed by atoms with van der Waals surface area (Å²) in [5.41, 5.74) is 3.57. The number of nitrogens with zero attached hydrogens (tertiary/aromatic N) is 5. The van der Waals surface area contributed by atoms with Crippen LogP contribution in [-0.2, 0) is 16.0 Å². The molecular weight excluding hydrogens is 688 g/mol. The van der Waals surface area contributed by atoms with Gasteiger partial charge < -0.3 is 19.1 Å². The Balaban J connectivity index is 1.28. The summed E-state index contributed by atoms with van der Waals surface area (Å²) in [5, 5.41) is 11.7. The molecule has 6 aliphatic rings. The van der Waals surface area contributed by atoms with Gasteiger partial charge in [-0.1, -0.05) is 35.3 Å². The van der Waals surface area contributed by atoms with Crippen LogP contribution in [-0.4, -0.2) is 55.6 Å². The maximum Gasteiger partial charge on any atom is 0.410 e.